The van der Waals surface area contributed by atoms with Crippen LogP contribution < -0.4 is 0 Å². The molecule has 6 heteroatoms. The quantitative estimate of drug-likeness (QED) is 0.775. The number of halogens is 1. The fourth-order valence-corrected chi connectivity index (χ4v) is 3.19. The molecule has 4 nitrogen and oxygen atoms in total. The Kier molecular flexibility index (Phi) is 6.08. The maximum atomic E-state index is 12.4. The molecule has 0 aromatic heterocycles. The molecule has 1 aromatic carbocycles. The topological polar surface area (TPSA) is 46.6 Å². The summed E-state index contributed by atoms with van der Waals surface area (Å²) in [5.74, 6) is 0. The molecule has 0 saturated heterocycles. The van der Waals surface area contributed by atoms with Gasteiger partial charge in [-0.1, -0.05) is 18.5 Å². The Morgan fingerprint density at radius 3 is 2.33 bits per heavy atom. The van der Waals surface area contributed by atoms with Gasteiger partial charge in [0.2, 0.25) is 10.0 Å². The minimum atomic E-state index is -3.46. The van der Waals surface area contributed by atoms with Crippen molar-refractivity contribution in [3.63, 3.8) is 0 Å². The van der Waals surface area contributed by atoms with Gasteiger partial charge in [0.05, 0.1) is 11.5 Å². The Hall–Kier alpha value is -0.620. The molecule has 0 aliphatic rings. The van der Waals surface area contributed by atoms with E-state index in [1.807, 2.05) is 6.92 Å². The minimum absolute atomic E-state index is 0.261. The van der Waals surface area contributed by atoms with Crippen molar-refractivity contribution < 1.29 is 13.2 Å². The van der Waals surface area contributed by atoms with E-state index in [0.29, 0.717) is 24.7 Å². The summed E-state index contributed by atoms with van der Waals surface area (Å²) in [6, 6.07) is 6.20. The van der Waals surface area contributed by atoms with Crippen LogP contribution in [0.25, 0.3) is 0 Å². The van der Waals surface area contributed by atoms with Gasteiger partial charge < -0.3 is 4.74 Å². The van der Waals surface area contributed by atoms with Crippen molar-refractivity contribution in [2.75, 3.05) is 26.8 Å². The first-order valence-corrected chi connectivity index (χ1v) is 7.58. The lowest BCUT2D eigenvalue weighted by Gasteiger charge is -2.21. The van der Waals surface area contributed by atoms with Gasteiger partial charge in [-0.2, -0.15) is 4.31 Å². The maximum absolute atomic E-state index is 12.4. The second-order valence-electron chi connectivity index (χ2n) is 3.85. The molecule has 0 fully saturated rings. The third kappa shape index (κ3) is 3.95. The molecule has 102 valence electrons. The van der Waals surface area contributed by atoms with Crippen molar-refractivity contribution in [1.82, 2.24) is 4.31 Å². The van der Waals surface area contributed by atoms with E-state index in [0.717, 1.165) is 6.42 Å². The molecule has 0 amide bonds. The highest BCUT2D eigenvalue weighted by Gasteiger charge is 2.23. The molecule has 0 heterocycles. The molecule has 0 saturated carbocycles. The first-order valence-electron chi connectivity index (χ1n) is 5.77. The van der Waals surface area contributed by atoms with Gasteiger partial charge in [0.15, 0.2) is 0 Å². The Morgan fingerprint density at radius 1 is 1.22 bits per heavy atom. The number of rotatable bonds is 7. The van der Waals surface area contributed by atoms with Crippen LogP contribution in [0.1, 0.15) is 13.3 Å². The normalized spacial score (nSPS) is 12.0. The van der Waals surface area contributed by atoms with Gasteiger partial charge in [0, 0.05) is 25.2 Å². The van der Waals surface area contributed by atoms with Crippen molar-refractivity contribution in [3.05, 3.63) is 29.3 Å². The maximum Gasteiger partial charge on any atom is 0.243 e. The van der Waals surface area contributed by atoms with E-state index >= 15 is 0 Å². The van der Waals surface area contributed by atoms with Gasteiger partial charge >= 0.3 is 0 Å². The smallest absolute Gasteiger partial charge is 0.243 e. The van der Waals surface area contributed by atoms with Crippen LogP contribution in [-0.4, -0.2) is 39.5 Å². The van der Waals surface area contributed by atoms with E-state index in [-0.39, 0.29) is 4.90 Å². The van der Waals surface area contributed by atoms with E-state index in [1.165, 1.54) is 16.4 Å². The number of benzene rings is 1. The summed E-state index contributed by atoms with van der Waals surface area (Å²) in [7, 11) is -1.90. The van der Waals surface area contributed by atoms with Crippen LogP contribution in [0.2, 0.25) is 5.02 Å². The average Bonchev–Trinajstić information content (AvgIpc) is 2.35. The summed E-state index contributed by atoms with van der Waals surface area (Å²) >= 11 is 5.76. The molecule has 1 aromatic rings. The van der Waals surface area contributed by atoms with E-state index in [2.05, 4.69) is 0 Å². The lowest BCUT2D eigenvalue weighted by atomic mass is 10.4. The van der Waals surface area contributed by atoms with Crippen LogP contribution in [0.15, 0.2) is 29.2 Å². The number of ether oxygens (including phenoxy) is 1. The monoisotopic (exact) mass is 291 g/mol. The third-order valence-electron chi connectivity index (χ3n) is 2.47. The number of sulfonamides is 1. The lowest BCUT2D eigenvalue weighted by Crippen LogP contribution is -2.34. The fraction of sp³-hybridized carbons (Fsp3) is 0.500. The molecule has 0 spiro atoms. The highest BCUT2D eigenvalue weighted by atomic mass is 35.5. The number of methoxy groups -OCH3 is 1. The van der Waals surface area contributed by atoms with E-state index in [4.69, 9.17) is 16.3 Å². The molecule has 0 unspecified atom stereocenters. The molecule has 0 atom stereocenters. The van der Waals surface area contributed by atoms with Gasteiger partial charge in [0.1, 0.15) is 0 Å². The second kappa shape index (κ2) is 7.09. The minimum Gasteiger partial charge on any atom is -0.383 e. The summed E-state index contributed by atoms with van der Waals surface area (Å²) in [4.78, 5) is 0.261. The molecular weight excluding hydrogens is 274 g/mol. The Bertz CT molecular complexity index is 459. The summed E-state index contributed by atoms with van der Waals surface area (Å²) < 4.78 is 31.1. The van der Waals surface area contributed by atoms with Crippen molar-refractivity contribution in [2.24, 2.45) is 0 Å². The molecular formula is C12H18ClNO3S. The zero-order chi connectivity index (χ0) is 13.6. The molecule has 0 radical (unpaired) electrons. The summed E-state index contributed by atoms with van der Waals surface area (Å²) in [5, 5.41) is 0.521. The van der Waals surface area contributed by atoms with Crippen molar-refractivity contribution in [1.29, 1.82) is 0 Å². The second-order valence-corrected chi connectivity index (χ2v) is 6.23. The zero-order valence-corrected chi connectivity index (χ0v) is 12.2. The first-order chi connectivity index (χ1) is 8.52. The van der Waals surface area contributed by atoms with Crippen LogP contribution in [0.4, 0.5) is 0 Å². The highest BCUT2D eigenvalue weighted by Crippen LogP contribution is 2.18. The zero-order valence-electron chi connectivity index (χ0n) is 10.6. The molecule has 1 rings (SSSR count). The largest absolute Gasteiger partial charge is 0.383 e. The van der Waals surface area contributed by atoms with E-state index < -0.39 is 10.0 Å². The Morgan fingerprint density at radius 2 is 1.83 bits per heavy atom. The van der Waals surface area contributed by atoms with Gasteiger partial charge in [-0.25, -0.2) is 8.42 Å². The van der Waals surface area contributed by atoms with Gasteiger partial charge in [0.25, 0.3) is 0 Å². The van der Waals surface area contributed by atoms with Crippen LogP contribution in [0, 0.1) is 0 Å². The Labute approximate surface area is 114 Å². The lowest BCUT2D eigenvalue weighted by molar-refractivity contribution is 0.179. The van der Waals surface area contributed by atoms with Crippen LogP contribution >= 0.6 is 11.6 Å². The van der Waals surface area contributed by atoms with Crippen molar-refractivity contribution in [2.45, 2.75) is 18.2 Å². The van der Waals surface area contributed by atoms with E-state index in [9.17, 15) is 8.42 Å². The molecule has 0 N–H and O–H groups in total. The third-order valence-corrected chi connectivity index (χ3v) is 4.63. The average molecular weight is 292 g/mol. The first kappa shape index (κ1) is 15.4. The van der Waals surface area contributed by atoms with Gasteiger partial charge in [-0.15, -0.1) is 0 Å². The SMILES string of the molecule is CCCN(CCOC)S(=O)(=O)c1ccc(Cl)cc1. The highest BCUT2D eigenvalue weighted by molar-refractivity contribution is 7.89. The molecule has 18 heavy (non-hydrogen) atoms. The number of nitrogens with zero attached hydrogens (tertiary/aromatic N) is 1. The molecule has 0 aliphatic heterocycles. The fourth-order valence-electron chi connectivity index (χ4n) is 1.55. The summed E-state index contributed by atoms with van der Waals surface area (Å²) in [6.45, 7) is 3.16. The number of hydrogen-bond donors (Lipinski definition) is 0. The molecule has 0 aliphatic carbocycles. The Balaban J connectivity index is 2.96. The number of hydrogen-bond acceptors (Lipinski definition) is 3. The van der Waals surface area contributed by atoms with E-state index in [1.54, 1.807) is 19.2 Å². The van der Waals surface area contributed by atoms with Crippen molar-refractivity contribution in [3.8, 4) is 0 Å². The van der Waals surface area contributed by atoms with Crippen LogP contribution in [-0.2, 0) is 14.8 Å². The predicted octanol–water partition coefficient (Wildman–Crippen LogP) is 2.39. The van der Waals surface area contributed by atoms with Crippen LogP contribution in [0.5, 0.6) is 0 Å². The van der Waals surface area contributed by atoms with Crippen molar-refractivity contribution >= 4 is 21.6 Å². The molecule has 0 bridgehead atoms. The van der Waals surface area contributed by atoms with Gasteiger partial charge in [-0.05, 0) is 30.7 Å². The summed E-state index contributed by atoms with van der Waals surface area (Å²) in [6.07, 6.45) is 0.760. The predicted molar refractivity (Wildman–Crippen MR) is 72.4 cm³/mol. The van der Waals surface area contributed by atoms with Crippen LogP contribution in [0.3, 0.4) is 0 Å². The summed E-state index contributed by atoms with van der Waals surface area (Å²) in [5.41, 5.74) is 0. The van der Waals surface area contributed by atoms with Gasteiger partial charge in [-0.3, -0.25) is 0 Å². The standard InChI is InChI=1S/C12H18ClNO3S/c1-3-8-14(9-10-17-2)18(15,16)12-6-4-11(13)5-7-12/h4-7H,3,8-10H2,1-2H3.